The number of nitrogens with one attached hydrogen (secondary N) is 2. The number of amides is 3. The highest BCUT2D eigenvalue weighted by molar-refractivity contribution is 7.99. The first-order valence-electron chi connectivity index (χ1n) is 10.7. The molecule has 0 spiro atoms. The average molecular weight is 443 g/mol. The standard InChI is InChI=1S/C21H26N6O3S/c1-30-17-4-2-16(3-5-17)27-20(24-25-26-27)31-12-18(28)22-19(29)23-21-9-13-6-14(10-21)8-15(7-13)11-21/h2-5,13-15H,6-12H2,1H3,(H2,22,23,28,29). The van der Waals surface area contributed by atoms with E-state index in [-0.39, 0.29) is 23.2 Å². The number of thioether (sulfide) groups is 1. The molecule has 0 unspecified atom stereocenters. The number of urea groups is 1. The van der Waals surface area contributed by atoms with Crippen LogP contribution >= 0.6 is 11.8 Å². The quantitative estimate of drug-likeness (QED) is 0.662. The van der Waals surface area contributed by atoms with Gasteiger partial charge in [0, 0.05) is 5.54 Å². The van der Waals surface area contributed by atoms with Gasteiger partial charge in [-0.1, -0.05) is 11.8 Å². The third-order valence-corrected chi connectivity index (χ3v) is 7.68. The number of carbonyl (C=O) groups is 2. The highest BCUT2D eigenvalue weighted by Gasteiger charge is 2.51. The summed E-state index contributed by atoms with van der Waals surface area (Å²) in [6.45, 7) is 0. The number of rotatable bonds is 6. The predicted octanol–water partition coefficient (Wildman–Crippen LogP) is 2.56. The van der Waals surface area contributed by atoms with Crippen molar-refractivity contribution in [2.75, 3.05) is 12.9 Å². The van der Waals surface area contributed by atoms with E-state index in [4.69, 9.17) is 4.74 Å². The molecule has 9 nitrogen and oxygen atoms in total. The zero-order valence-electron chi connectivity index (χ0n) is 17.4. The monoisotopic (exact) mass is 442 g/mol. The molecule has 4 bridgehead atoms. The normalized spacial score (nSPS) is 28.4. The van der Waals surface area contributed by atoms with E-state index in [1.807, 2.05) is 24.3 Å². The van der Waals surface area contributed by atoms with Crippen LogP contribution in [0.3, 0.4) is 0 Å². The molecule has 0 atom stereocenters. The highest BCUT2D eigenvalue weighted by atomic mass is 32.2. The number of tetrazole rings is 1. The number of ether oxygens (including phenoxy) is 1. The molecule has 4 saturated carbocycles. The lowest BCUT2D eigenvalue weighted by molar-refractivity contribution is -0.117. The van der Waals surface area contributed by atoms with Crippen molar-refractivity contribution >= 4 is 23.7 Å². The first-order valence-corrected chi connectivity index (χ1v) is 11.7. The van der Waals surface area contributed by atoms with E-state index >= 15 is 0 Å². The summed E-state index contributed by atoms with van der Waals surface area (Å²) >= 11 is 1.18. The molecule has 2 N–H and O–H groups in total. The molecular weight excluding hydrogens is 416 g/mol. The number of methoxy groups -OCH3 is 1. The molecule has 4 aliphatic rings. The smallest absolute Gasteiger partial charge is 0.321 e. The number of benzene rings is 1. The van der Waals surface area contributed by atoms with Gasteiger partial charge in [0.15, 0.2) is 0 Å². The molecule has 6 rings (SSSR count). The second kappa shape index (κ2) is 8.14. The largest absolute Gasteiger partial charge is 0.497 e. The van der Waals surface area contributed by atoms with Gasteiger partial charge in [0.05, 0.1) is 18.6 Å². The van der Waals surface area contributed by atoms with Gasteiger partial charge in [-0.25, -0.2) is 4.79 Å². The lowest BCUT2D eigenvalue weighted by atomic mass is 9.53. The first-order chi connectivity index (χ1) is 15.0. The summed E-state index contributed by atoms with van der Waals surface area (Å²) in [6.07, 6.45) is 7.06. The summed E-state index contributed by atoms with van der Waals surface area (Å²) in [7, 11) is 1.60. The Bertz CT molecular complexity index is 940. The maximum Gasteiger partial charge on any atom is 0.321 e. The number of nitrogens with zero attached hydrogens (tertiary/aromatic N) is 4. The fourth-order valence-electron chi connectivity index (χ4n) is 5.98. The third kappa shape index (κ3) is 4.26. The van der Waals surface area contributed by atoms with Crippen LogP contribution in [0.25, 0.3) is 5.69 Å². The van der Waals surface area contributed by atoms with Crippen molar-refractivity contribution in [2.45, 2.75) is 49.2 Å². The van der Waals surface area contributed by atoms with E-state index in [0.29, 0.717) is 5.16 Å². The Hall–Kier alpha value is -2.62. The van der Waals surface area contributed by atoms with Gasteiger partial charge in [-0.3, -0.25) is 10.1 Å². The van der Waals surface area contributed by atoms with Gasteiger partial charge in [-0.2, -0.15) is 4.68 Å². The van der Waals surface area contributed by atoms with Crippen LogP contribution in [0.4, 0.5) is 4.79 Å². The van der Waals surface area contributed by atoms with Crippen LogP contribution in [0.5, 0.6) is 5.75 Å². The molecule has 1 aromatic heterocycles. The fraction of sp³-hybridized carbons (Fsp3) is 0.571. The van der Waals surface area contributed by atoms with Crippen molar-refractivity contribution in [3.05, 3.63) is 24.3 Å². The molecule has 3 amide bonds. The maximum absolute atomic E-state index is 12.5. The number of imide groups is 1. The van der Waals surface area contributed by atoms with Gasteiger partial charge in [0.1, 0.15) is 5.75 Å². The number of hydrogen-bond acceptors (Lipinski definition) is 7. The predicted molar refractivity (Wildman–Crippen MR) is 114 cm³/mol. The fourth-order valence-corrected chi connectivity index (χ4v) is 6.67. The number of hydrogen-bond donors (Lipinski definition) is 2. The Kier molecular flexibility index (Phi) is 5.33. The van der Waals surface area contributed by atoms with Crippen LogP contribution in [0, 0.1) is 17.8 Å². The summed E-state index contributed by atoms with van der Waals surface area (Å²) in [5, 5.41) is 17.8. The molecule has 4 fully saturated rings. The minimum Gasteiger partial charge on any atom is -0.497 e. The minimum absolute atomic E-state index is 0.0465. The molecule has 0 aliphatic heterocycles. The molecular formula is C21H26N6O3S. The third-order valence-electron chi connectivity index (χ3n) is 6.76. The van der Waals surface area contributed by atoms with Crippen LogP contribution in [0.2, 0.25) is 0 Å². The Morgan fingerprint density at radius 1 is 1.13 bits per heavy atom. The summed E-state index contributed by atoms with van der Waals surface area (Å²) in [5.41, 5.74) is 0.637. The van der Waals surface area contributed by atoms with Crippen LogP contribution in [0.1, 0.15) is 38.5 Å². The van der Waals surface area contributed by atoms with Crippen LogP contribution in [-0.2, 0) is 4.79 Å². The molecule has 1 aromatic carbocycles. The van der Waals surface area contributed by atoms with Gasteiger partial charge >= 0.3 is 6.03 Å². The minimum atomic E-state index is -0.387. The van der Waals surface area contributed by atoms with Crippen molar-refractivity contribution in [3.8, 4) is 11.4 Å². The van der Waals surface area contributed by atoms with Gasteiger partial charge in [-0.15, -0.1) is 5.10 Å². The van der Waals surface area contributed by atoms with E-state index < -0.39 is 0 Å². The highest BCUT2D eigenvalue weighted by Crippen LogP contribution is 2.55. The summed E-state index contributed by atoms with van der Waals surface area (Å²) < 4.78 is 6.71. The van der Waals surface area contributed by atoms with Gasteiger partial charge in [0.25, 0.3) is 0 Å². The molecule has 31 heavy (non-hydrogen) atoms. The Balaban J connectivity index is 1.15. The van der Waals surface area contributed by atoms with E-state index in [0.717, 1.165) is 48.5 Å². The molecule has 4 aliphatic carbocycles. The van der Waals surface area contributed by atoms with Gasteiger partial charge < -0.3 is 10.1 Å². The summed E-state index contributed by atoms with van der Waals surface area (Å²) in [6, 6.07) is 6.90. The van der Waals surface area contributed by atoms with E-state index in [2.05, 4.69) is 26.2 Å². The summed E-state index contributed by atoms with van der Waals surface area (Å²) in [5.74, 6) is 2.61. The molecule has 0 radical (unpaired) electrons. The summed E-state index contributed by atoms with van der Waals surface area (Å²) in [4.78, 5) is 24.9. The van der Waals surface area contributed by atoms with E-state index in [1.165, 1.54) is 31.0 Å². The van der Waals surface area contributed by atoms with Gasteiger partial charge in [0.2, 0.25) is 11.1 Å². The first kappa shape index (κ1) is 20.3. The second-order valence-electron chi connectivity index (χ2n) is 9.06. The Labute approximate surface area is 184 Å². The second-order valence-corrected chi connectivity index (χ2v) is 10.0. The molecule has 2 aromatic rings. The maximum atomic E-state index is 12.5. The SMILES string of the molecule is COc1ccc(-n2nnnc2SCC(=O)NC(=O)NC23CC4CC(CC(C4)C2)C3)cc1. The topological polar surface area (TPSA) is 111 Å². The Morgan fingerprint density at radius 3 is 2.39 bits per heavy atom. The van der Waals surface area contributed by atoms with Crippen molar-refractivity contribution in [3.63, 3.8) is 0 Å². The van der Waals surface area contributed by atoms with Crippen molar-refractivity contribution in [2.24, 2.45) is 17.8 Å². The van der Waals surface area contributed by atoms with Crippen molar-refractivity contribution < 1.29 is 14.3 Å². The van der Waals surface area contributed by atoms with Crippen LogP contribution in [0.15, 0.2) is 29.4 Å². The molecule has 1 heterocycles. The average Bonchev–Trinajstić information content (AvgIpc) is 3.19. The molecule has 164 valence electrons. The lowest BCUT2D eigenvalue weighted by Crippen LogP contribution is -2.61. The van der Waals surface area contributed by atoms with Crippen LogP contribution in [-0.4, -0.2) is 50.5 Å². The lowest BCUT2D eigenvalue weighted by Gasteiger charge is -2.56. The molecule has 0 saturated heterocycles. The van der Waals surface area contributed by atoms with Crippen LogP contribution < -0.4 is 15.4 Å². The molecule has 10 heteroatoms. The zero-order valence-corrected chi connectivity index (χ0v) is 18.2. The van der Waals surface area contributed by atoms with E-state index in [9.17, 15) is 9.59 Å². The van der Waals surface area contributed by atoms with Crippen molar-refractivity contribution in [1.82, 2.24) is 30.8 Å². The Morgan fingerprint density at radius 2 is 1.77 bits per heavy atom. The number of carbonyl (C=O) groups excluding carboxylic acids is 2. The van der Waals surface area contributed by atoms with E-state index in [1.54, 1.807) is 11.8 Å². The van der Waals surface area contributed by atoms with Crippen molar-refractivity contribution in [1.29, 1.82) is 0 Å². The van der Waals surface area contributed by atoms with Gasteiger partial charge in [-0.05, 0) is 91.0 Å². The number of aromatic nitrogens is 4. The zero-order chi connectivity index (χ0) is 21.4.